The Kier molecular flexibility index (Phi) is 2.66. The molecule has 0 spiro atoms. The molecule has 2 heterocycles. The van der Waals surface area contributed by atoms with Gasteiger partial charge in [0.25, 0.3) is 0 Å². The summed E-state index contributed by atoms with van der Waals surface area (Å²) in [4.78, 5) is 2.22. The number of nitrogens with one attached hydrogen (secondary N) is 1. The van der Waals surface area contributed by atoms with Gasteiger partial charge in [-0.2, -0.15) is 0 Å². The molecule has 2 aromatic carbocycles. The van der Waals surface area contributed by atoms with Crippen LogP contribution in [0.4, 0.5) is 21.5 Å². The number of halogens is 1. The van der Waals surface area contributed by atoms with Crippen molar-refractivity contribution >= 4 is 17.1 Å². The van der Waals surface area contributed by atoms with Crippen molar-refractivity contribution in [2.75, 3.05) is 23.3 Å². The van der Waals surface area contributed by atoms with Gasteiger partial charge in [-0.05, 0) is 54.7 Å². The van der Waals surface area contributed by atoms with E-state index in [0.717, 1.165) is 37.3 Å². The Morgan fingerprint density at radius 2 is 1.90 bits per heavy atom. The Hall–Kier alpha value is -2.03. The van der Waals surface area contributed by atoms with Gasteiger partial charge in [0, 0.05) is 30.2 Å². The van der Waals surface area contributed by atoms with E-state index in [2.05, 4.69) is 28.4 Å². The molecule has 0 unspecified atom stereocenters. The molecule has 0 saturated carbocycles. The number of aryl methyl sites for hydroxylation is 1. The number of nitrogens with zero attached hydrogens (tertiary/aromatic N) is 1. The minimum absolute atomic E-state index is 0.160. The zero-order valence-electron chi connectivity index (χ0n) is 11.3. The molecule has 2 aliphatic heterocycles. The molecule has 2 aliphatic rings. The van der Waals surface area contributed by atoms with Gasteiger partial charge in [-0.1, -0.05) is 12.1 Å². The van der Waals surface area contributed by atoms with Crippen molar-refractivity contribution in [1.82, 2.24) is 0 Å². The first kappa shape index (κ1) is 11.8. The van der Waals surface area contributed by atoms with Gasteiger partial charge in [0.1, 0.15) is 5.82 Å². The summed E-state index contributed by atoms with van der Waals surface area (Å²) in [6.07, 6.45) is 3.33. The molecule has 0 radical (unpaired) electrons. The molecule has 2 aromatic rings. The molecule has 0 bridgehead atoms. The van der Waals surface area contributed by atoms with Crippen molar-refractivity contribution in [2.45, 2.75) is 19.3 Å². The fourth-order valence-electron chi connectivity index (χ4n) is 3.24. The van der Waals surface area contributed by atoms with E-state index in [1.807, 2.05) is 6.07 Å². The molecule has 0 saturated heterocycles. The topological polar surface area (TPSA) is 15.3 Å². The van der Waals surface area contributed by atoms with Gasteiger partial charge in [0.15, 0.2) is 0 Å². The quantitative estimate of drug-likeness (QED) is 0.844. The van der Waals surface area contributed by atoms with E-state index in [-0.39, 0.29) is 5.82 Å². The Balaban J connectivity index is 1.74. The highest BCUT2D eigenvalue weighted by molar-refractivity contribution is 5.73. The first-order chi connectivity index (χ1) is 9.81. The van der Waals surface area contributed by atoms with Crippen LogP contribution in [-0.2, 0) is 12.8 Å². The van der Waals surface area contributed by atoms with Gasteiger partial charge in [0.05, 0.1) is 0 Å². The maximum Gasteiger partial charge on any atom is 0.125 e. The largest absolute Gasteiger partial charge is 0.385 e. The third kappa shape index (κ3) is 1.85. The fourth-order valence-corrected chi connectivity index (χ4v) is 3.24. The van der Waals surface area contributed by atoms with Gasteiger partial charge in [-0.3, -0.25) is 0 Å². The van der Waals surface area contributed by atoms with Crippen LogP contribution in [0.2, 0.25) is 0 Å². The molecule has 4 rings (SSSR count). The van der Waals surface area contributed by atoms with E-state index in [1.165, 1.54) is 23.2 Å². The molecule has 20 heavy (non-hydrogen) atoms. The summed E-state index contributed by atoms with van der Waals surface area (Å²) < 4.78 is 13.5. The third-order valence-corrected chi connectivity index (χ3v) is 4.29. The van der Waals surface area contributed by atoms with E-state index in [4.69, 9.17) is 0 Å². The Morgan fingerprint density at radius 1 is 1.00 bits per heavy atom. The van der Waals surface area contributed by atoms with Crippen molar-refractivity contribution in [1.29, 1.82) is 0 Å². The van der Waals surface area contributed by atoms with Crippen molar-refractivity contribution < 1.29 is 4.39 Å². The minimum Gasteiger partial charge on any atom is -0.385 e. The molecule has 0 fully saturated rings. The molecule has 0 atom stereocenters. The van der Waals surface area contributed by atoms with Crippen LogP contribution in [-0.4, -0.2) is 13.1 Å². The average molecular weight is 268 g/mol. The first-order valence-electron chi connectivity index (χ1n) is 7.24. The highest BCUT2D eigenvalue weighted by Crippen LogP contribution is 2.37. The Morgan fingerprint density at radius 3 is 2.85 bits per heavy atom. The number of benzene rings is 2. The van der Waals surface area contributed by atoms with Gasteiger partial charge in [-0.15, -0.1) is 0 Å². The zero-order chi connectivity index (χ0) is 13.5. The highest BCUT2D eigenvalue weighted by atomic mass is 19.1. The first-order valence-corrected chi connectivity index (χ1v) is 7.24. The minimum atomic E-state index is -0.160. The molecular weight excluding hydrogens is 251 g/mol. The predicted molar refractivity (Wildman–Crippen MR) is 80.4 cm³/mol. The van der Waals surface area contributed by atoms with Crippen molar-refractivity contribution in [3.63, 3.8) is 0 Å². The summed E-state index contributed by atoms with van der Waals surface area (Å²) in [5.74, 6) is -0.160. The smallest absolute Gasteiger partial charge is 0.125 e. The lowest BCUT2D eigenvalue weighted by Gasteiger charge is -2.24. The lowest BCUT2D eigenvalue weighted by Crippen LogP contribution is -2.16. The predicted octanol–water partition coefficient (Wildman–Crippen LogP) is 3.88. The van der Waals surface area contributed by atoms with Crippen LogP contribution in [0, 0.1) is 5.82 Å². The van der Waals surface area contributed by atoms with Crippen LogP contribution in [0.5, 0.6) is 0 Å². The van der Waals surface area contributed by atoms with Crippen molar-refractivity contribution in [3.05, 3.63) is 53.3 Å². The van der Waals surface area contributed by atoms with Crippen LogP contribution in [0.3, 0.4) is 0 Å². The zero-order valence-corrected chi connectivity index (χ0v) is 11.3. The number of hydrogen-bond acceptors (Lipinski definition) is 2. The molecule has 2 nitrogen and oxygen atoms in total. The monoisotopic (exact) mass is 268 g/mol. The van der Waals surface area contributed by atoms with Gasteiger partial charge >= 0.3 is 0 Å². The fraction of sp³-hybridized carbons (Fsp3) is 0.294. The van der Waals surface area contributed by atoms with E-state index in [1.54, 1.807) is 12.1 Å². The van der Waals surface area contributed by atoms with Crippen molar-refractivity contribution in [2.24, 2.45) is 0 Å². The molecule has 3 heteroatoms. The highest BCUT2D eigenvalue weighted by Gasteiger charge is 2.22. The van der Waals surface area contributed by atoms with E-state index >= 15 is 0 Å². The maximum absolute atomic E-state index is 13.5. The van der Waals surface area contributed by atoms with Crippen LogP contribution in [0.15, 0.2) is 36.4 Å². The summed E-state index contributed by atoms with van der Waals surface area (Å²) >= 11 is 0. The summed E-state index contributed by atoms with van der Waals surface area (Å²) in [6, 6.07) is 11.7. The molecule has 102 valence electrons. The second kappa shape index (κ2) is 4.51. The summed E-state index contributed by atoms with van der Waals surface area (Å²) in [5.41, 5.74) is 6.03. The van der Waals surface area contributed by atoms with E-state index < -0.39 is 0 Å². The second-order valence-electron chi connectivity index (χ2n) is 5.55. The number of anilines is 3. The molecule has 0 aromatic heterocycles. The van der Waals surface area contributed by atoms with Crippen LogP contribution in [0.25, 0.3) is 0 Å². The number of hydrogen-bond donors (Lipinski definition) is 1. The Labute approximate surface area is 118 Å². The second-order valence-corrected chi connectivity index (χ2v) is 5.55. The van der Waals surface area contributed by atoms with Crippen molar-refractivity contribution in [3.8, 4) is 0 Å². The molecule has 0 aliphatic carbocycles. The lowest BCUT2D eigenvalue weighted by molar-refractivity contribution is 0.628. The van der Waals surface area contributed by atoms with Crippen LogP contribution in [0.1, 0.15) is 17.5 Å². The molecule has 0 amide bonds. The van der Waals surface area contributed by atoms with E-state index in [9.17, 15) is 4.39 Å². The number of rotatable bonds is 1. The SMILES string of the molecule is Fc1ccc2c(c1)N(c1ccc3c(c1)NCCC3)CC2. The standard InChI is InChI=1S/C17H17FN2/c18-14-5-3-13-7-9-20(17(13)10-14)15-6-4-12-2-1-8-19-16(12)11-15/h3-6,10-11,19H,1-2,7-9H2. The summed E-state index contributed by atoms with van der Waals surface area (Å²) in [5, 5.41) is 3.46. The van der Waals surface area contributed by atoms with Gasteiger partial charge < -0.3 is 10.2 Å². The lowest BCUT2D eigenvalue weighted by atomic mass is 10.0. The average Bonchev–Trinajstić information content (AvgIpc) is 2.89. The Bertz CT molecular complexity index is 666. The maximum atomic E-state index is 13.5. The molecule has 1 N–H and O–H groups in total. The summed E-state index contributed by atoms with van der Waals surface area (Å²) in [6.45, 7) is 1.97. The molecular formula is C17H17FN2. The normalized spacial score (nSPS) is 16.6. The van der Waals surface area contributed by atoms with E-state index in [0.29, 0.717) is 0 Å². The van der Waals surface area contributed by atoms with Gasteiger partial charge in [0.2, 0.25) is 0 Å². The van der Waals surface area contributed by atoms with Gasteiger partial charge in [-0.25, -0.2) is 4.39 Å². The summed E-state index contributed by atoms with van der Waals surface area (Å²) in [7, 11) is 0. The van der Waals surface area contributed by atoms with Crippen LogP contribution < -0.4 is 10.2 Å². The third-order valence-electron chi connectivity index (χ3n) is 4.29. The van der Waals surface area contributed by atoms with Crippen LogP contribution >= 0.6 is 0 Å². The number of fused-ring (bicyclic) bond motifs is 2.